The molecule has 2 atom stereocenters. The van der Waals surface area contributed by atoms with Gasteiger partial charge >= 0.3 is 245 Å². The van der Waals surface area contributed by atoms with E-state index in [1.54, 1.807) is 12.1 Å². The number of hydrogen-bond donors (Lipinski definition) is 0. The third kappa shape index (κ3) is 18.3. The summed E-state index contributed by atoms with van der Waals surface area (Å²) in [5.74, 6) is -1.42. The molecule has 4 nitrogen and oxygen atoms in total. The van der Waals surface area contributed by atoms with Crippen molar-refractivity contribution in [3.05, 3.63) is 253 Å². The molecular weight excluding hydrogens is 1250 g/mol. The number of esters is 2. The smallest absolute Gasteiger partial charge is 0.0134 e. The van der Waals surface area contributed by atoms with Crippen LogP contribution in [0.25, 0.3) is 0 Å². The van der Waals surface area contributed by atoms with Gasteiger partial charge in [-0.2, -0.15) is 13.2 Å². The Labute approximate surface area is 474 Å². The van der Waals surface area contributed by atoms with E-state index in [0.29, 0.717) is 24.0 Å². The van der Waals surface area contributed by atoms with Gasteiger partial charge in [0, 0.05) is 4.43 Å². The van der Waals surface area contributed by atoms with Crippen LogP contribution in [0.1, 0.15) is 67.2 Å². The van der Waals surface area contributed by atoms with E-state index in [-0.39, 0.29) is 32.1 Å². The van der Waals surface area contributed by atoms with Gasteiger partial charge in [-0.3, -0.25) is 4.79 Å². The van der Waals surface area contributed by atoms with E-state index < -0.39 is 68.9 Å². The Balaban J connectivity index is 0.000000235. The van der Waals surface area contributed by atoms with Crippen molar-refractivity contribution >= 4 is 79.2 Å². The molecule has 0 radical (unpaired) electrons. The van der Waals surface area contributed by atoms with Crippen LogP contribution in [-0.4, -0.2) is 35.0 Å². The molecule has 0 fully saturated rings. The summed E-state index contributed by atoms with van der Waals surface area (Å²) in [5, 5.41) is 8.09. The van der Waals surface area contributed by atoms with Crippen molar-refractivity contribution in [1.29, 1.82) is 0 Å². The van der Waals surface area contributed by atoms with Crippen molar-refractivity contribution < 1.29 is 66.1 Å². The number of halogens is 8. The van der Waals surface area contributed by atoms with E-state index in [1.165, 1.54) is 64.2 Å². The summed E-state index contributed by atoms with van der Waals surface area (Å²) in [4.78, 5) is 21.6. The zero-order chi connectivity index (χ0) is 54.4. The van der Waals surface area contributed by atoms with Crippen molar-refractivity contribution in [2.75, 3.05) is 23.1 Å². The number of rotatable bonds is 18. The number of hydrogen-bond acceptors (Lipinski definition) is 4. The van der Waals surface area contributed by atoms with Gasteiger partial charge in [0.05, 0.1) is 19.1 Å². The molecule has 0 aliphatic carbocycles. The first kappa shape index (κ1) is 62.4. The average molecular weight is 1310 g/mol. The van der Waals surface area contributed by atoms with Gasteiger partial charge in [-0.05, 0) is 47.8 Å². The molecule has 0 aliphatic rings. The largest absolute Gasteiger partial charge is 0.0622 e. The zero-order valence-electron chi connectivity index (χ0n) is 41.9. The van der Waals surface area contributed by atoms with Crippen LogP contribution >= 0.6 is 35.4 Å². The molecular formula is C63H62F6I2O4P2. The van der Waals surface area contributed by atoms with Crippen LogP contribution in [0.3, 0.4) is 0 Å². The molecule has 0 heterocycles. The predicted molar refractivity (Wildman–Crippen MR) is 312 cm³/mol. The third-order valence-electron chi connectivity index (χ3n) is 12.2. The molecule has 8 aromatic carbocycles. The second kappa shape index (κ2) is 31.3. The van der Waals surface area contributed by atoms with E-state index in [9.17, 15) is 35.9 Å². The molecule has 8 aromatic rings. The Bertz CT molecular complexity index is 2790. The van der Waals surface area contributed by atoms with Gasteiger partial charge in [0.1, 0.15) is 0 Å². The van der Waals surface area contributed by atoms with E-state index in [4.69, 9.17) is 4.74 Å². The fourth-order valence-electron chi connectivity index (χ4n) is 8.45. The molecule has 0 bridgehead atoms. The molecule has 0 spiro atoms. The number of carbonyl (C=O) groups is 2. The number of benzene rings is 8. The molecule has 8 rings (SSSR count). The van der Waals surface area contributed by atoms with Gasteiger partial charge in [0.2, 0.25) is 0 Å². The number of alkyl halides is 8. The normalized spacial score (nSPS) is 12.1. The number of carbonyl (C=O) groups excluding carboxylic acids is 2. The van der Waals surface area contributed by atoms with E-state index in [1.807, 2.05) is 18.2 Å². The number of methoxy groups -OCH3 is 2. The van der Waals surface area contributed by atoms with Gasteiger partial charge in [0.15, 0.2) is 0 Å². The molecule has 0 saturated heterocycles. The molecule has 0 N–H and O–H groups in total. The predicted octanol–water partition coefficient (Wildman–Crippen LogP) is 12.0. The fraction of sp³-hybridized carbons (Fsp3) is 0.206. The number of ether oxygens (including phenoxy) is 2. The van der Waals surface area contributed by atoms with Crippen LogP contribution in [0.5, 0.6) is 0 Å². The minimum absolute atomic E-state index is 0. The van der Waals surface area contributed by atoms with Gasteiger partial charge < -0.3 is 4.74 Å². The van der Waals surface area contributed by atoms with Crippen molar-refractivity contribution in [2.45, 2.75) is 57.3 Å². The van der Waals surface area contributed by atoms with Crippen LogP contribution in [0, 0.1) is 0 Å². The summed E-state index contributed by atoms with van der Waals surface area (Å²) >= 11 is 1.62. The summed E-state index contributed by atoms with van der Waals surface area (Å²) in [5.41, 5.74) is -0.332. The Kier molecular flexibility index (Phi) is 25.3. The standard InChI is InChI=1S/C31H29F3IO2P.C18H15P.C13H14F3IO2.CH4/c1-37-30(36)23-25(24-12-11-13-26(22-24)31(32,33)34)20-21-35-38(27-14-5-2-6-15-27,28-16-7-3-8-17-28)29-18-9-4-10-19-29;1-4-10-16(11-5-1)19(17-12-6-2-7-13-17)18-14-8-3-9-15-18;1-19-12(18)8-10(5-6-17)9-3-2-4-11(7-9)13(14,15)16;/h2-19,22,25H,20-21,23H2,1H3;1-15H;2-4,7,10H,5-6,8H2,1H3;1H4/t25-;;10-;/m0.0./s1. The van der Waals surface area contributed by atoms with Crippen LogP contribution in [0.4, 0.5) is 26.3 Å². The topological polar surface area (TPSA) is 52.6 Å². The Hall–Kier alpha value is -5.40. The minimum Gasteiger partial charge on any atom is -0.0622 e. The maximum absolute atomic E-state index is 13.4. The summed E-state index contributed by atoms with van der Waals surface area (Å²) in [7, 11) is 2.14. The SMILES string of the molecule is C.COC(=O)C[C@H](CCI)c1cccc(C(F)(F)F)c1.COC(=O)C[C@H](CC[I-][P+](c1ccccc1)(c1ccccc1)c1ccccc1)c1cccc(C(F)(F)F)c1.c1ccc(P(c2ccccc2)c2ccccc2)cc1. The molecule has 0 saturated carbocycles. The Morgan fingerprint density at radius 3 is 1.09 bits per heavy atom. The van der Waals surface area contributed by atoms with E-state index in [0.717, 1.165) is 27.1 Å². The second-order valence-electron chi connectivity index (χ2n) is 17.2. The van der Waals surface area contributed by atoms with Crippen LogP contribution < -0.4 is 52.5 Å². The maximum atomic E-state index is 13.4. The van der Waals surface area contributed by atoms with Gasteiger partial charge in [-0.15, -0.1) is 0 Å². The monoisotopic (exact) mass is 1310 g/mol. The first-order valence-corrected chi connectivity index (χ1v) is 33.3. The van der Waals surface area contributed by atoms with E-state index in [2.05, 4.69) is 191 Å². The van der Waals surface area contributed by atoms with Crippen LogP contribution in [-0.2, 0) is 31.4 Å². The van der Waals surface area contributed by atoms with Crippen molar-refractivity contribution in [1.82, 2.24) is 0 Å². The van der Waals surface area contributed by atoms with Crippen molar-refractivity contribution in [3.8, 4) is 0 Å². The van der Waals surface area contributed by atoms with Crippen molar-refractivity contribution in [3.63, 3.8) is 0 Å². The van der Waals surface area contributed by atoms with E-state index >= 15 is 0 Å². The summed E-state index contributed by atoms with van der Waals surface area (Å²) in [6.07, 6.45) is -7.41. The summed E-state index contributed by atoms with van der Waals surface area (Å²) in [6.45, 7) is 0. The molecule has 77 heavy (non-hydrogen) atoms. The molecule has 0 unspecified atom stereocenters. The third-order valence-corrected chi connectivity index (χ3v) is 29.0. The molecule has 404 valence electrons. The van der Waals surface area contributed by atoms with Gasteiger partial charge in [-0.25, -0.2) is 0 Å². The Morgan fingerprint density at radius 1 is 0.481 bits per heavy atom. The zero-order valence-corrected chi connectivity index (χ0v) is 48.0. The molecule has 0 aliphatic heterocycles. The van der Waals surface area contributed by atoms with Crippen LogP contribution in [0.15, 0.2) is 231 Å². The molecule has 0 amide bonds. The average Bonchev–Trinajstić information content (AvgIpc) is 3.46. The Morgan fingerprint density at radius 2 is 0.792 bits per heavy atom. The molecule has 0 aromatic heterocycles. The first-order valence-electron chi connectivity index (χ1n) is 24.3. The maximum Gasteiger partial charge on any atom is -0.0134 e. The summed E-state index contributed by atoms with van der Waals surface area (Å²) < 4.78 is 89.4. The van der Waals surface area contributed by atoms with Crippen LogP contribution in [0.2, 0.25) is 0 Å². The van der Waals surface area contributed by atoms with Crippen molar-refractivity contribution in [2.24, 2.45) is 0 Å². The summed E-state index contributed by atoms with van der Waals surface area (Å²) in [6, 6.07) is 74.5. The van der Waals surface area contributed by atoms with Gasteiger partial charge in [-0.1, -0.05) is 139 Å². The first-order chi connectivity index (χ1) is 36.7. The second-order valence-corrected chi connectivity index (χ2v) is 30.9. The van der Waals surface area contributed by atoms with Gasteiger partial charge in [0.25, 0.3) is 0 Å². The molecule has 14 heteroatoms. The minimum atomic E-state index is -4.44. The fourth-order valence-corrected chi connectivity index (χ4v) is 25.1. The quantitative estimate of drug-likeness (QED) is 0.0282.